The number of amides is 1. The number of morpholine rings is 1. The number of ether oxygens (including phenoxy) is 2. The van der Waals surface area contributed by atoms with Gasteiger partial charge in [-0.3, -0.25) is 14.6 Å². The van der Waals surface area contributed by atoms with E-state index < -0.39 is 5.41 Å². The molecular weight excluding hydrogens is 438 g/mol. The maximum Gasteiger partial charge on any atom is 0.240 e. The van der Waals surface area contributed by atoms with Crippen molar-refractivity contribution in [3.05, 3.63) is 53.6 Å². The summed E-state index contributed by atoms with van der Waals surface area (Å²) in [5.41, 5.74) is 1.17. The smallest absolute Gasteiger partial charge is 0.240 e. The van der Waals surface area contributed by atoms with Gasteiger partial charge in [-0.1, -0.05) is 30.9 Å². The molecule has 2 heterocycles. The van der Waals surface area contributed by atoms with E-state index in [0.717, 1.165) is 61.7 Å². The zero-order valence-electron chi connectivity index (χ0n) is 19.0. The molecule has 1 amide bonds. The maximum atomic E-state index is 14.3. The zero-order valence-corrected chi connectivity index (χ0v) is 19.8. The SMILES string of the molecule is COc1ccc(N=C2[C@H](N3CCOCC3)C3(CCCCC3)C(=O)N2c2ccc(Cl)cc2)cc1. The lowest BCUT2D eigenvalue weighted by Crippen LogP contribution is -2.54. The molecule has 2 aliphatic heterocycles. The molecule has 0 aromatic heterocycles. The fraction of sp³-hybridized carbons (Fsp3) is 0.462. The molecule has 0 bridgehead atoms. The van der Waals surface area contributed by atoms with Crippen LogP contribution in [-0.4, -0.2) is 56.1 Å². The predicted molar refractivity (Wildman–Crippen MR) is 131 cm³/mol. The number of carbonyl (C=O) groups excluding carboxylic acids is 1. The summed E-state index contributed by atoms with van der Waals surface area (Å²) in [6.07, 6.45) is 5.09. The first-order valence-corrected chi connectivity index (χ1v) is 12.1. The number of methoxy groups -OCH3 is 1. The number of rotatable bonds is 4. The standard InChI is InChI=1S/C26H30ClN3O3/c1-32-22-11-7-20(8-12-22)28-24-23(29-15-17-33-18-16-29)26(13-3-2-4-14-26)25(31)30(24)21-9-5-19(27)6-10-21/h5-12,23H,2-4,13-18H2,1H3/t23-/m0/s1. The molecule has 33 heavy (non-hydrogen) atoms. The van der Waals surface area contributed by atoms with Crippen molar-refractivity contribution in [2.75, 3.05) is 38.3 Å². The Bertz CT molecular complexity index is 1010. The minimum absolute atomic E-state index is 0.0769. The van der Waals surface area contributed by atoms with E-state index in [2.05, 4.69) is 4.90 Å². The van der Waals surface area contributed by atoms with Crippen LogP contribution in [0.4, 0.5) is 11.4 Å². The molecule has 1 atom stereocenters. The number of halogens is 1. The lowest BCUT2D eigenvalue weighted by molar-refractivity contribution is -0.130. The number of benzene rings is 2. The van der Waals surface area contributed by atoms with Crippen molar-refractivity contribution in [3.8, 4) is 5.75 Å². The van der Waals surface area contributed by atoms with Crippen LogP contribution in [-0.2, 0) is 9.53 Å². The normalized spacial score (nSPS) is 24.5. The molecule has 1 aliphatic carbocycles. The van der Waals surface area contributed by atoms with Crippen LogP contribution < -0.4 is 9.64 Å². The van der Waals surface area contributed by atoms with Crippen LogP contribution in [0, 0.1) is 5.41 Å². The van der Waals surface area contributed by atoms with Gasteiger partial charge >= 0.3 is 0 Å². The minimum Gasteiger partial charge on any atom is -0.497 e. The van der Waals surface area contributed by atoms with Gasteiger partial charge in [0, 0.05) is 18.1 Å². The van der Waals surface area contributed by atoms with Crippen LogP contribution in [0.25, 0.3) is 0 Å². The highest BCUT2D eigenvalue weighted by molar-refractivity contribution is 6.31. The number of hydrogen-bond acceptors (Lipinski definition) is 5. The highest BCUT2D eigenvalue weighted by Crippen LogP contribution is 2.49. The summed E-state index contributed by atoms with van der Waals surface area (Å²) in [5, 5.41) is 0.649. The van der Waals surface area contributed by atoms with Crippen molar-refractivity contribution in [2.24, 2.45) is 10.4 Å². The topological polar surface area (TPSA) is 54.4 Å². The van der Waals surface area contributed by atoms with Crippen molar-refractivity contribution in [3.63, 3.8) is 0 Å². The number of anilines is 1. The van der Waals surface area contributed by atoms with Gasteiger partial charge in [-0.05, 0) is 61.4 Å². The minimum atomic E-state index is -0.458. The van der Waals surface area contributed by atoms with Crippen LogP contribution >= 0.6 is 11.6 Å². The van der Waals surface area contributed by atoms with Crippen molar-refractivity contribution in [2.45, 2.75) is 38.1 Å². The van der Waals surface area contributed by atoms with Crippen molar-refractivity contribution < 1.29 is 14.3 Å². The molecule has 1 saturated carbocycles. The van der Waals surface area contributed by atoms with Gasteiger partial charge in [0.15, 0.2) is 0 Å². The molecule has 2 aromatic rings. The van der Waals surface area contributed by atoms with Crippen molar-refractivity contribution >= 4 is 34.7 Å². The highest BCUT2D eigenvalue weighted by Gasteiger charge is 2.60. The summed E-state index contributed by atoms with van der Waals surface area (Å²) in [6.45, 7) is 2.96. The molecular formula is C26H30ClN3O3. The molecule has 7 heteroatoms. The average Bonchev–Trinajstić information content (AvgIpc) is 3.08. The molecule has 0 N–H and O–H groups in total. The second kappa shape index (κ2) is 9.45. The molecule has 0 unspecified atom stereocenters. The molecule has 3 fully saturated rings. The van der Waals surface area contributed by atoms with E-state index in [1.54, 1.807) is 7.11 Å². The van der Waals surface area contributed by atoms with Gasteiger partial charge in [0.1, 0.15) is 11.6 Å². The third-order valence-corrected chi connectivity index (χ3v) is 7.44. The quantitative estimate of drug-likeness (QED) is 0.629. The third kappa shape index (κ3) is 4.16. The Morgan fingerprint density at radius 3 is 2.30 bits per heavy atom. The fourth-order valence-corrected chi connectivity index (χ4v) is 5.70. The maximum absolute atomic E-state index is 14.3. The summed E-state index contributed by atoms with van der Waals surface area (Å²) in [6, 6.07) is 15.1. The van der Waals surface area contributed by atoms with Crippen LogP contribution in [0.15, 0.2) is 53.5 Å². The van der Waals surface area contributed by atoms with E-state index in [-0.39, 0.29) is 11.9 Å². The summed E-state index contributed by atoms with van der Waals surface area (Å²) in [4.78, 5) is 23.7. The fourth-order valence-electron chi connectivity index (χ4n) is 5.57. The average molecular weight is 468 g/mol. The van der Waals surface area contributed by atoms with Crippen LogP contribution in [0.2, 0.25) is 5.02 Å². The molecule has 1 spiro atoms. The Kier molecular flexibility index (Phi) is 6.41. The van der Waals surface area contributed by atoms with E-state index in [1.165, 1.54) is 6.42 Å². The summed E-state index contributed by atoms with van der Waals surface area (Å²) in [5.74, 6) is 1.74. The van der Waals surface area contributed by atoms with Gasteiger partial charge in [-0.2, -0.15) is 0 Å². The van der Waals surface area contributed by atoms with Crippen molar-refractivity contribution in [1.82, 2.24) is 4.90 Å². The Hall–Kier alpha value is -2.41. The van der Waals surface area contributed by atoms with Gasteiger partial charge in [0.25, 0.3) is 0 Å². The molecule has 2 saturated heterocycles. The second-order valence-corrected chi connectivity index (χ2v) is 9.49. The lowest BCUT2D eigenvalue weighted by atomic mass is 9.69. The van der Waals surface area contributed by atoms with Gasteiger partial charge in [-0.15, -0.1) is 0 Å². The van der Waals surface area contributed by atoms with E-state index in [0.29, 0.717) is 18.2 Å². The van der Waals surface area contributed by atoms with E-state index in [4.69, 9.17) is 26.1 Å². The van der Waals surface area contributed by atoms with Crippen LogP contribution in [0.1, 0.15) is 32.1 Å². The van der Waals surface area contributed by atoms with Gasteiger partial charge in [0.05, 0.1) is 43.2 Å². The summed E-state index contributed by atoms with van der Waals surface area (Å²) in [7, 11) is 1.65. The van der Waals surface area contributed by atoms with Gasteiger partial charge in [-0.25, -0.2) is 4.99 Å². The summed E-state index contributed by atoms with van der Waals surface area (Å²) >= 11 is 6.17. The summed E-state index contributed by atoms with van der Waals surface area (Å²) < 4.78 is 11.0. The number of carbonyl (C=O) groups is 1. The second-order valence-electron chi connectivity index (χ2n) is 9.05. The number of nitrogens with zero attached hydrogens (tertiary/aromatic N) is 3. The first-order chi connectivity index (χ1) is 16.1. The van der Waals surface area contributed by atoms with E-state index >= 15 is 0 Å². The molecule has 174 valence electrons. The first kappa shape index (κ1) is 22.4. The van der Waals surface area contributed by atoms with Crippen LogP contribution in [0.3, 0.4) is 0 Å². The van der Waals surface area contributed by atoms with Gasteiger partial charge in [0.2, 0.25) is 5.91 Å². The lowest BCUT2D eigenvalue weighted by Gasteiger charge is -2.42. The van der Waals surface area contributed by atoms with Crippen molar-refractivity contribution in [1.29, 1.82) is 0 Å². The monoisotopic (exact) mass is 467 g/mol. The van der Waals surface area contributed by atoms with E-state index in [9.17, 15) is 4.79 Å². The number of amidine groups is 1. The van der Waals surface area contributed by atoms with E-state index in [1.807, 2.05) is 53.4 Å². The van der Waals surface area contributed by atoms with Crippen LogP contribution in [0.5, 0.6) is 5.75 Å². The predicted octanol–water partition coefficient (Wildman–Crippen LogP) is 5.08. The number of aliphatic imine (C=N–C) groups is 1. The largest absolute Gasteiger partial charge is 0.497 e. The molecule has 6 nitrogen and oxygen atoms in total. The Balaban J connectivity index is 1.66. The molecule has 5 rings (SSSR count). The first-order valence-electron chi connectivity index (χ1n) is 11.8. The molecule has 2 aromatic carbocycles. The van der Waals surface area contributed by atoms with Gasteiger partial charge < -0.3 is 9.47 Å². The highest BCUT2D eigenvalue weighted by atomic mass is 35.5. The Labute approximate surface area is 200 Å². The Morgan fingerprint density at radius 1 is 1.00 bits per heavy atom. The zero-order chi connectivity index (χ0) is 22.8. The molecule has 0 radical (unpaired) electrons. The third-order valence-electron chi connectivity index (χ3n) is 7.18. The number of hydrogen-bond donors (Lipinski definition) is 0. The molecule has 3 aliphatic rings. The Morgan fingerprint density at radius 2 is 1.67 bits per heavy atom.